The first-order chi connectivity index (χ1) is 7.38. The van der Waals surface area contributed by atoms with Gasteiger partial charge in [0.1, 0.15) is 0 Å². The molecule has 0 aromatic heterocycles. The van der Waals surface area contributed by atoms with E-state index in [1.165, 1.54) is 0 Å². The zero-order valence-corrected chi connectivity index (χ0v) is 11.7. The molecular formula is C13H30N2O. The van der Waals surface area contributed by atoms with Gasteiger partial charge in [-0.25, -0.2) is 0 Å². The largest absolute Gasteiger partial charge is 0.395 e. The number of nitrogens with zero attached hydrogens (tertiary/aromatic N) is 1. The van der Waals surface area contributed by atoms with Crippen molar-refractivity contribution in [2.75, 3.05) is 19.7 Å². The fourth-order valence-corrected chi connectivity index (χ4v) is 1.99. The maximum Gasteiger partial charge on any atom is 0.0558 e. The topological polar surface area (TPSA) is 49.5 Å². The summed E-state index contributed by atoms with van der Waals surface area (Å²) in [5.74, 6) is 0. The molecule has 0 aliphatic carbocycles. The van der Waals surface area contributed by atoms with Gasteiger partial charge in [0.15, 0.2) is 0 Å². The molecule has 3 N–H and O–H groups in total. The molecule has 0 saturated carbocycles. The standard InChI is InChI=1S/C13H30N2O/c1-6-12(7-2)15(8-9-16)10-13(4,5)11(3)14/h11-12,16H,6-10,14H2,1-5H3. The Morgan fingerprint density at radius 2 is 1.75 bits per heavy atom. The van der Waals surface area contributed by atoms with Crippen molar-refractivity contribution in [1.82, 2.24) is 4.90 Å². The smallest absolute Gasteiger partial charge is 0.0558 e. The van der Waals surface area contributed by atoms with E-state index in [9.17, 15) is 0 Å². The molecule has 0 fully saturated rings. The normalized spacial score (nSPS) is 14.8. The minimum Gasteiger partial charge on any atom is -0.395 e. The molecule has 0 aliphatic heterocycles. The highest BCUT2D eigenvalue weighted by molar-refractivity contribution is 4.83. The molecule has 0 rings (SSSR count). The number of hydrogen-bond donors (Lipinski definition) is 2. The van der Waals surface area contributed by atoms with Gasteiger partial charge in [0, 0.05) is 25.2 Å². The van der Waals surface area contributed by atoms with Crippen molar-refractivity contribution in [1.29, 1.82) is 0 Å². The molecule has 0 bridgehead atoms. The van der Waals surface area contributed by atoms with Crippen LogP contribution in [-0.4, -0.2) is 41.8 Å². The van der Waals surface area contributed by atoms with Crippen molar-refractivity contribution in [3.8, 4) is 0 Å². The fraction of sp³-hybridized carbons (Fsp3) is 1.00. The summed E-state index contributed by atoms with van der Waals surface area (Å²) in [6.07, 6.45) is 2.26. The molecule has 0 aromatic carbocycles. The van der Waals surface area contributed by atoms with Crippen LogP contribution in [0.3, 0.4) is 0 Å². The third-order valence-electron chi connectivity index (χ3n) is 3.69. The fourth-order valence-electron chi connectivity index (χ4n) is 1.99. The van der Waals surface area contributed by atoms with E-state index in [-0.39, 0.29) is 18.1 Å². The second-order valence-corrected chi connectivity index (χ2v) is 5.44. The molecule has 3 heteroatoms. The first-order valence-corrected chi connectivity index (χ1v) is 6.49. The Bertz CT molecular complexity index is 177. The van der Waals surface area contributed by atoms with Crippen LogP contribution in [-0.2, 0) is 0 Å². The lowest BCUT2D eigenvalue weighted by atomic mass is 9.84. The molecule has 0 amide bonds. The summed E-state index contributed by atoms with van der Waals surface area (Å²) >= 11 is 0. The monoisotopic (exact) mass is 230 g/mol. The predicted octanol–water partition coefficient (Wildman–Crippen LogP) is 1.84. The summed E-state index contributed by atoms with van der Waals surface area (Å²) in [6.45, 7) is 12.8. The lowest BCUT2D eigenvalue weighted by Gasteiger charge is -2.39. The number of aliphatic hydroxyl groups is 1. The maximum absolute atomic E-state index is 9.14. The Kier molecular flexibility index (Phi) is 7.20. The van der Waals surface area contributed by atoms with Crippen molar-refractivity contribution >= 4 is 0 Å². The second kappa shape index (κ2) is 7.25. The van der Waals surface area contributed by atoms with Crippen molar-refractivity contribution in [3.05, 3.63) is 0 Å². The van der Waals surface area contributed by atoms with Gasteiger partial charge in [0.05, 0.1) is 6.61 Å². The average Bonchev–Trinajstić information content (AvgIpc) is 2.19. The van der Waals surface area contributed by atoms with Crippen LogP contribution in [0.4, 0.5) is 0 Å². The van der Waals surface area contributed by atoms with E-state index in [1.807, 2.05) is 0 Å². The van der Waals surface area contributed by atoms with E-state index in [0.29, 0.717) is 6.04 Å². The molecule has 0 aliphatic rings. The molecule has 16 heavy (non-hydrogen) atoms. The number of rotatable bonds is 8. The molecule has 0 spiro atoms. The van der Waals surface area contributed by atoms with E-state index in [4.69, 9.17) is 10.8 Å². The summed E-state index contributed by atoms with van der Waals surface area (Å²) in [5, 5.41) is 9.14. The zero-order chi connectivity index (χ0) is 12.8. The van der Waals surface area contributed by atoms with Crippen LogP contribution in [0.25, 0.3) is 0 Å². The molecule has 0 aromatic rings. The second-order valence-electron chi connectivity index (χ2n) is 5.44. The number of hydrogen-bond acceptors (Lipinski definition) is 3. The first kappa shape index (κ1) is 15.9. The highest BCUT2D eigenvalue weighted by atomic mass is 16.3. The summed E-state index contributed by atoms with van der Waals surface area (Å²) in [5.41, 5.74) is 6.10. The molecule has 0 saturated heterocycles. The van der Waals surface area contributed by atoms with Crippen molar-refractivity contribution in [2.45, 2.75) is 59.5 Å². The van der Waals surface area contributed by atoms with Gasteiger partial charge in [0.2, 0.25) is 0 Å². The minimum absolute atomic E-state index is 0.0950. The van der Waals surface area contributed by atoms with Crippen LogP contribution in [0.1, 0.15) is 47.5 Å². The molecule has 3 nitrogen and oxygen atoms in total. The maximum atomic E-state index is 9.14. The number of nitrogens with two attached hydrogens (primary N) is 1. The highest BCUT2D eigenvalue weighted by Crippen LogP contribution is 2.23. The molecule has 1 atom stereocenters. The lowest BCUT2D eigenvalue weighted by molar-refractivity contribution is 0.0882. The van der Waals surface area contributed by atoms with Crippen LogP contribution < -0.4 is 5.73 Å². The summed E-state index contributed by atoms with van der Waals surface area (Å²) in [6, 6.07) is 0.730. The van der Waals surface area contributed by atoms with Gasteiger partial charge in [-0.05, 0) is 25.2 Å². The van der Waals surface area contributed by atoms with Gasteiger partial charge in [-0.15, -0.1) is 0 Å². The zero-order valence-electron chi connectivity index (χ0n) is 11.7. The van der Waals surface area contributed by atoms with Crippen molar-refractivity contribution < 1.29 is 5.11 Å². The van der Waals surface area contributed by atoms with Gasteiger partial charge in [0.25, 0.3) is 0 Å². The molecule has 1 unspecified atom stereocenters. The first-order valence-electron chi connectivity index (χ1n) is 6.49. The van der Waals surface area contributed by atoms with Crippen LogP contribution in [0, 0.1) is 5.41 Å². The number of aliphatic hydroxyl groups excluding tert-OH is 1. The van der Waals surface area contributed by atoms with E-state index in [0.717, 1.165) is 25.9 Å². The van der Waals surface area contributed by atoms with E-state index >= 15 is 0 Å². The van der Waals surface area contributed by atoms with E-state index < -0.39 is 0 Å². The Balaban J connectivity index is 4.54. The molecule has 0 radical (unpaired) electrons. The minimum atomic E-state index is 0.0950. The summed E-state index contributed by atoms with van der Waals surface area (Å²) < 4.78 is 0. The Labute approximate surface area is 101 Å². The van der Waals surface area contributed by atoms with Crippen LogP contribution in [0.2, 0.25) is 0 Å². The molecule has 98 valence electrons. The van der Waals surface area contributed by atoms with E-state index in [2.05, 4.69) is 39.5 Å². The summed E-state index contributed by atoms with van der Waals surface area (Å²) in [4.78, 5) is 2.38. The Hall–Kier alpha value is -0.120. The lowest BCUT2D eigenvalue weighted by Crippen LogP contribution is -2.48. The SMILES string of the molecule is CCC(CC)N(CCO)CC(C)(C)C(C)N. The van der Waals surface area contributed by atoms with Gasteiger partial charge >= 0.3 is 0 Å². The van der Waals surface area contributed by atoms with Crippen LogP contribution in [0.5, 0.6) is 0 Å². The van der Waals surface area contributed by atoms with Gasteiger partial charge in [-0.3, -0.25) is 4.90 Å². The van der Waals surface area contributed by atoms with Crippen molar-refractivity contribution in [2.24, 2.45) is 11.1 Å². The molecule has 0 heterocycles. The van der Waals surface area contributed by atoms with Gasteiger partial charge in [-0.2, -0.15) is 0 Å². The third-order valence-corrected chi connectivity index (χ3v) is 3.69. The predicted molar refractivity (Wildman–Crippen MR) is 70.5 cm³/mol. The average molecular weight is 230 g/mol. The Morgan fingerprint density at radius 1 is 1.25 bits per heavy atom. The van der Waals surface area contributed by atoms with Gasteiger partial charge < -0.3 is 10.8 Å². The Morgan fingerprint density at radius 3 is 2.06 bits per heavy atom. The summed E-state index contributed by atoms with van der Waals surface area (Å²) in [7, 11) is 0. The quantitative estimate of drug-likeness (QED) is 0.669. The van der Waals surface area contributed by atoms with Crippen LogP contribution in [0.15, 0.2) is 0 Å². The van der Waals surface area contributed by atoms with E-state index in [1.54, 1.807) is 0 Å². The highest BCUT2D eigenvalue weighted by Gasteiger charge is 2.28. The van der Waals surface area contributed by atoms with Gasteiger partial charge in [-0.1, -0.05) is 27.7 Å². The third kappa shape index (κ3) is 4.81. The molecular weight excluding hydrogens is 200 g/mol. The van der Waals surface area contributed by atoms with Crippen molar-refractivity contribution in [3.63, 3.8) is 0 Å². The van der Waals surface area contributed by atoms with Crippen LogP contribution >= 0.6 is 0 Å².